The maximum atomic E-state index is 11.8. The lowest BCUT2D eigenvalue weighted by Crippen LogP contribution is -2.26. The molecule has 0 spiro atoms. The van der Waals surface area contributed by atoms with E-state index in [9.17, 15) is 4.79 Å². The first-order chi connectivity index (χ1) is 12.2. The van der Waals surface area contributed by atoms with Crippen LogP contribution in [0.25, 0.3) is 0 Å². The zero-order chi connectivity index (χ0) is 17.7. The fraction of sp³-hybridized carbons (Fsp3) is 0.381. The van der Waals surface area contributed by atoms with Crippen LogP contribution in [0.5, 0.6) is 5.75 Å². The van der Waals surface area contributed by atoms with Crippen molar-refractivity contribution in [3.8, 4) is 5.75 Å². The number of rotatable bonds is 7. The average Bonchev–Trinajstić information content (AvgIpc) is 2.68. The summed E-state index contributed by atoms with van der Waals surface area (Å²) >= 11 is 3.74. The van der Waals surface area contributed by atoms with E-state index in [2.05, 4.69) is 36.8 Å². The van der Waals surface area contributed by atoms with Crippen molar-refractivity contribution in [2.45, 2.75) is 29.3 Å². The predicted octanol–water partition coefficient (Wildman–Crippen LogP) is 5.26. The molecular weight excluding hydrogens is 348 g/mol. The minimum Gasteiger partial charge on any atom is -0.493 e. The summed E-state index contributed by atoms with van der Waals surface area (Å²) in [7, 11) is 0. The van der Waals surface area contributed by atoms with E-state index in [1.165, 1.54) is 11.1 Å². The number of ether oxygens (including phenoxy) is 1. The van der Waals surface area contributed by atoms with Crippen LogP contribution in [-0.4, -0.2) is 25.4 Å². The van der Waals surface area contributed by atoms with Gasteiger partial charge in [0.05, 0.1) is 10.7 Å². The molecule has 0 aliphatic carbocycles. The number of hydrogen-bond acceptors (Lipinski definition) is 4. The molecule has 132 valence electrons. The summed E-state index contributed by atoms with van der Waals surface area (Å²) in [4.78, 5) is 11.8. The Morgan fingerprint density at radius 1 is 1.16 bits per heavy atom. The number of aryl methyl sites for hydroxylation is 1. The van der Waals surface area contributed by atoms with Crippen LogP contribution in [0.3, 0.4) is 0 Å². The Labute approximate surface area is 158 Å². The first-order valence-corrected chi connectivity index (χ1v) is 11.0. The third-order valence-electron chi connectivity index (χ3n) is 4.94. The topological polar surface area (TPSA) is 26.3 Å². The smallest absolute Gasteiger partial charge is 0.127 e. The highest BCUT2D eigenvalue weighted by Gasteiger charge is 2.37. The number of thioether (sulfide) groups is 2. The Balaban J connectivity index is 1.85. The fourth-order valence-electron chi connectivity index (χ4n) is 3.42. The summed E-state index contributed by atoms with van der Waals surface area (Å²) in [5, 5.41) is 0. The Bertz CT molecular complexity index is 711. The number of benzene rings is 2. The molecule has 0 N–H and O–H groups in total. The van der Waals surface area contributed by atoms with Crippen molar-refractivity contribution in [3.05, 3.63) is 65.2 Å². The van der Waals surface area contributed by atoms with E-state index in [0.717, 1.165) is 43.5 Å². The Kier molecular flexibility index (Phi) is 6.13. The Morgan fingerprint density at radius 2 is 1.92 bits per heavy atom. The van der Waals surface area contributed by atoms with Crippen molar-refractivity contribution in [3.63, 3.8) is 0 Å². The SMILES string of the molecule is CSC1(SC)CCOc2ccc([C@@H](C=O)CCc3ccccc3)cc21. The maximum absolute atomic E-state index is 11.8. The van der Waals surface area contributed by atoms with Gasteiger partial charge in [-0.2, -0.15) is 0 Å². The molecule has 2 aromatic rings. The first-order valence-electron chi connectivity index (χ1n) is 8.59. The number of hydrogen-bond donors (Lipinski definition) is 0. The molecule has 0 unspecified atom stereocenters. The van der Waals surface area contributed by atoms with Gasteiger partial charge < -0.3 is 9.53 Å². The van der Waals surface area contributed by atoms with E-state index in [1.807, 2.05) is 47.8 Å². The quantitative estimate of drug-likeness (QED) is 0.489. The van der Waals surface area contributed by atoms with Gasteiger partial charge in [0.2, 0.25) is 0 Å². The Morgan fingerprint density at radius 3 is 2.60 bits per heavy atom. The molecule has 0 fully saturated rings. The molecule has 0 saturated carbocycles. The van der Waals surface area contributed by atoms with Gasteiger partial charge in [-0.25, -0.2) is 0 Å². The fourth-order valence-corrected chi connectivity index (χ4v) is 5.42. The molecule has 1 aliphatic rings. The van der Waals surface area contributed by atoms with Crippen molar-refractivity contribution in [1.29, 1.82) is 0 Å². The zero-order valence-electron chi connectivity index (χ0n) is 14.7. The first kappa shape index (κ1) is 18.4. The summed E-state index contributed by atoms with van der Waals surface area (Å²) in [5.74, 6) is 0.889. The average molecular weight is 373 g/mol. The van der Waals surface area contributed by atoms with Crippen molar-refractivity contribution < 1.29 is 9.53 Å². The summed E-state index contributed by atoms with van der Waals surface area (Å²) in [6, 6.07) is 16.7. The molecule has 4 heteroatoms. The lowest BCUT2D eigenvalue weighted by molar-refractivity contribution is -0.109. The van der Waals surface area contributed by atoms with Gasteiger partial charge in [0.25, 0.3) is 0 Å². The number of carbonyl (C=O) groups excluding carboxylic acids is 1. The predicted molar refractivity (Wildman–Crippen MR) is 109 cm³/mol. The number of carbonyl (C=O) groups is 1. The zero-order valence-corrected chi connectivity index (χ0v) is 16.4. The third kappa shape index (κ3) is 3.90. The lowest BCUT2D eigenvalue weighted by Gasteiger charge is -2.36. The van der Waals surface area contributed by atoms with Gasteiger partial charge in [-0.1, -0.05) is 36.4 Å². The standard InChI is InChI=1S/C21H24O2S2/c1-24-21(25-2)12-13-23-20-11-10-17(14-19(20)21)18(15-22)9-8-16-6-4-3-5-7-16/h3-7,10-11,14-15,18H,8-9,12-13H2,1-2H3/t18-/m1/s1. The molecule has 2 nitrogen and oxygen atoms in total. The Hall–Kier alpha value is -1.39. The normalized spacial score (nSPS) is 16.6. The summed E-state index contributed by atoms with van der Waals surface area (Å²) < 4.78 is 5.89. The number of aldehydes is 1. The molecule has 25 heavy (non-hydrogen) atoms. The van der Waals surface area contributed by atoms with E-state index >= 15 is 0 Å². The number of fused-ring (bicyclic) bond motifs is 1. The molecule has 0 radical (unpaired) electrons. The van der Waals surface area contributed by atoms with Gasteiger partial charge in [-0.3, -0.25) is 0 Å². The second-order valence-corrected chi connectivity index (χ2v) is 8.75. The highest BCUT2D eigenvalue weighted by Crippen LogP contribution is 2.52. The van der Waals surface area contributed by atoms with Crippen LogP contribution in [-0.2, 0) is 15.3 Å². The van der Waals surface area contributed by atoms with E-state index < -0.39 is 0 Å². The lowest BCUT2D eigenvalue weighted by atomic mass is 9.91. The van der Waals surface area contributed by atoms with Gasteiger partial charge in [0, 0.05) is 17.9 Å². The van der Waals surface area contributed by atoms with Crippen LogP contribution in [0.4, 0.5) is 0 Å². The molecule has 0 aromatic heterocycles. The van der Waals surface area contributed by atoms with Crippen LogP contribution in [0.15, 0.2) is 48.5 Å². The van der Waals surface area contributed by atoms with Crippen LogP contribution in [0.2, 0.25) is 0 Å². The minimum atomic E-state index is -0.0751. The maximum Gasteiger partial charge on any atom is 0.127 e. The highest BCUT2D eigenvalue weighted by molar-refractivity contribution is 8.16. The third-order valence-corrected chi connectivity index (χ3v) is 8.11. The second kappa shape index (κ2) is 8.33. The molecule has 0 amide bonds. The molecule has 2 aromatic carbocycles. The van der Waals surface area contributed by atoms with E-state index in [1.54, 1.807) is 0 Å². The van der Waals surface area contributed by atoms with Crippen molar-refractivity contribution in [1.82, 2.24) is 0 Å². The van der Waals surface area contributed by atoms with Gasteiger partial charge >= 0.3 is 0 Å². The van der Waals surface area contributed by atoms with Crippen LogP contribution < -0.4 is 4.74 Å². The van der Waals surface area contributed by atoms with Gasteiger partial charge in [0.1, 0.15) is 12.0 Å². The summed E-state index contributed by atoms with van der Waals surface area (Å²) in [6.07, 6.45) is 8.14. The monoisotopic (exact) mass is 372 g/mol. The van der Waals surface area contributed by atoms with Crippen LogP contribution in [0.1, 0.15) is 35.4 Å². The van der Waals surface area contributed by atoms with Crippen molar-refractivity contribution >= 4 is 29.8 Å². The van der Waals surface area contributed by atoms with Gasteiger partial charge in [0.15, 0.2) is 0 Å². The van der Waals surface area contributed by atoms with Crippen molar-refractivity contribution in [2.24, 2.45) is 0 Å². The summed E-state index contributed by atoms with van der Waals surface area (Å²) in [6.45, 7) is 0.749. The van der Waals surface area contributed by atoms with Gasteiger partial charge in [-0.15, -0.1) is 23.5 Å². The minimum absolute atomic E-state index is 0.0243. The molecule has 3 rings (SSSR count). The molecule has 0 bridgehead atoms. The molecule has 1 heterocycles. The van der Waals surface area contributed by atoms with E-state index in [4.69, 9.17) is 4.74 Å². The molecule has 0 saturated heterocycles. The molecule has 1 atom stereocenters. The van der Waals surface area contributed by atoms with Gasteiger partial charge in [-0.05, 0) is 48.6 Å². The van der Waals surface area contributed by atoms with Crippen LogP contribution in [0, 0.1) is 0 Å². The molecular formula is C21H24O2S2. The van der Waals surface area contributed by atoms with E-state index in [0.29, 0.717) is 0 Å². The van der Waals surface area contributed by atoms with E-state index in [-0.39, 0.29) is 10.00 Å². The summed E-state index contributed by atoms with van der Waals surface area (Å²) in [5.41, 5.74) is 3.60. The van der Waals surface area contributed by atoms with Crippen molar-refractivity contribution in [2.75, 3.05) is 19.1 Å². The second-order valence-electron chi connectivity index (χ2n) is 6.28. The largest absolute Gasteiger partial charge is 0.493 e. The molecule has 1 aliphatic heterocycles. The highest BCUT2D eigenvalue weighted by atomic mass is 32.2. The van der Waals surface area contributed by atoms with Crippen LogP contribution >= 0.6 is 23.5 Å².